The summed E-state index contributed by atoms with van der Waals surface area (Å²) in [5.74, 6) is -1.05. The van der Waals surface area contributed by atoms with Crippen molar-refractivity contribution in [2.24, 2.45) is 0 Å². The number of rotatable bonds is 6. The summed E-state index contributed by atoms with van der Waals surface area (Å²) in [6, 6.07) is 13.6. The van der Waals surface area contributed by atoms with Gasteiger partial charge in [-0.15, -0.1) is 11.3 Å². The minimum Gasteiger partial charge on any atom is -0.351 e. The number of thiophene rings is 1. The smallest absolute Gasteiger partial charge is 0.277 e. The minimum absolute atomic E-state index is 0.101. The van der Waals surface area contributed by atoms with Crippen LogP contribution in [0.25, 0.3) is 0 Å². The molecule has 2 amide bonds. The number of hydrogen-bond donors (Lipinski definition) is 1. The fourth-order valence-electron chi connectivity index (χ4n) is 3.95. The third-order valence-corrected chi connectivity index (χ3v) is 6.40. The van der Waals surface area contributed by atoms with Gasteiger partial charge in [-0.2, -0.15) is 0 Å². The van der Waals surface area contributed by atoms with Crippen LogP contribution < -0.4 is 10.2 Å². The number of pyridine rings is 1. The first-order valence-electron chi connectivity index (χ1n) is 10.5. The Morgan fingerprint density at radius 2 is 1.81 bits per heavy atom. The Morgan fingerprint density at radius 3 is 2.45 bits per heavy atom. The van der Waals surface area contributed by atoms with E-state index in [9.17, 15) is 14.0 Å². The Balaban J connectivity index is 1.74. The number of carbonyl (C=O) groups is 2. The second-order valence-electron chi connectivity index (χ2n) is 7.63. The zero-order chi connectivity index (χ0) is 21.6. The lowest BCUT2D eigenvalue weighted by Crippen LogP contribution is -2.47. The average molecular weight is 438 g/mol. The van der Waals surface area contributed by atoms with Crippen molar-refractivity contribution in [3.8, 4) is 0 Å². The number of hydrogen-bond acceptors (Lipinski definition) is 4. The van der Waals surface area contributed by atoms with Gasteiger partial charge in [0.25, 0.3) is 5.91 Å². The molecule has 2 aromatic heterocycles. The fourth-order valence-corrected chi connectivity index (χ4v) is 4.76. The molecule has 160 valence electrons. The first kappa shape index (κ1) is 21.2. The molecule has 0 spiro atoms. The van der Waals surface area contributed by atoms with Crippen LogP contribution in [0.3, 0.4) is 0 Å². The van der Waals surface area contributed by atoms with Crippen LogP contribution >= 0.6 is 11.3 Å². The van der Waals surface area contributed by atoms with Crippen molar-refractivity contribution in [1.29, 1.82) is 0 Å². The van der Waals surface area contributed by atoms with Gasteiger partial charge >= 0.3 is 0 Å². The predicted octanol–water partition coefficient (Wildman–Crippen LogP) is 5.12. The van der Waals surface area contributed by atoms with Crippen LogP contribution in [-0.4, -0.2) is 22.8 Å². The van der Waals surface area contributed by atoms with Gasteiger partial charge in [-0.1, -0.05) is 31.4 Å². The van der Waals surface area contributed by atoms with Crippen LogP contribution in [-0.2, 0) is 4.79 Å². The summed E-state index contributed by atoms with van der Waals surface area (Å²) in [6.07, 6.45) is 6.77. The van der Waals surface area contributed by atoms with Gasteiger partial charge in [0.05, 0.1) is 0 Å². The minimum atomic E-state index is -0.873. The standard InChI is InChI=1S/C24H24FN3O2S/c25-17-11-13-19(14-12-17)28(24(30)20-9-4-5-15-26-20)22(21-10-6-16-31-21)23(29)27-18-7-2-1-3-8-18/h4-6,9-16,18,22H,1-3,7-8H2,(H,27,29). The SMILES string of the molecule is O=C(NC1CCCCC1)C(c1cccs1)N(C(=O)c1ccccn1)c1ccc(F)cc1. The number of anilines is 1. The molecule has 7 heteroatoms. The van der Waals surface area contributed by atoms with E-state index in [4.69, 9.17) is 0 Å². The zero-order valence-corrected chi connectivity index (χ0v) is 17.9. The highest BCUT2D eigenvalue weighted by molar-refractivity contribution is 7.10. The molecule has 1 aliphatic rings. The Labute approximate surface area is 184 Å². The maximum absolute atomic E-state index is 13.6. The van der Waals surface area contributed by atoms with Crippen molar-refractivity contribution < 1.29 is 14.0 Å². The summed E-state index contributed by atoms with van der Waals surface area (Å²) in [5, 5.41) is 5.03. The molecule has 4 rings (SSSR count). The summed E-state index contributed by atoms with van der Waals surface area (Å²) in [6.45, 7) is 0. The zero-order valence-electron chi connectivity index (χ0n) is 17.0. The van der Waals surface area contributed by atoms with Gasteiger partial charge in [-0.05, 0) is 60.7 Å². The predicted molar refractivity (Wildman–Crippen MR) is 120 cm³/mol. The van der Waals surface area contributed by atoms with E-state index in [1.807, 2.05) is 17.5 Å². The van der Waals surface area contributed by atoms with E-state index in [-0.39, 0.29) is 17.6 Å². The van der Waals surface area contributed by atoms with Crippen LogP contribution in [0, 0.1) is 5.82 Å². The molecule has 1 aromatic carbocycles. The molecule has 1 atom stereocenters. The van der Waals surface area contributed by atoms with Crippen molar-refractivity contribution in [2.45, 2.75) is 44.2 Å². The molecule has 0 bridgehead atoms. The molecule has 5 nitrogen and oxygen atoms in total. The van der Waals surface area contributed by atoms with E-state index in [0.717, 1.165) is 30.6 Å². The van der Waals surface area contributed by atoms with E-state index >= 15 is 0 Å². The molecule has 31 heavy (non-hydrogen) atoms. The van der Waals surface area contributed by atoms with Crippen molar-refractivity contribution in [3.05, 3.63) is 82.6 Å². The van der Waals surface area contributed by atoms with Gasteiger partial charge in [-0.25, -0.2) is 4.39 Å². The first-order valence-corrected chi connectivity index (χ1v) is 11.4. The van der Waals surface area contributed by atoms with Gasteiger partial charge in [0.2, 0.25) is 5.91 Å². The second kappa shape index (κ2) is 9.83. The van der Waals surface area contributed by atoms with Gasteiger partial charge < -0.3 is 5.32 Å². The van der Waals surface area contributed by atoms with Crippen molar-refractivity contribution in [3.63, 3.8) is 0 Å². The molecule has 1 N–H and O–H groups in total. The Morgan fingerprint density at radius 1 is 1.03 bits per heavy atom. The summed E-state index contributed by atoms with van der Waals surface area (Å²) in [5.41, 5.74) is 0.660. The van der Waals surface area contributed by atoms with E-state index < -0.39 is 17.8 Å². The highest BCUT2D eigenvalue weighted by Gasteiger charge is 2.35. The average Bonchev–Trinajstić information content (AvgIpc) is 3.33. The van der Waals surface area contributed by atoms with Crippen LogP contribution in [0.1, 0.15) is 53.5 Å². The van der Waals surface area contributed by atoms with Crippen LogP contribution in [0.5, 0.6) is 0 Å². The van der Waals surface area contributed by atoms with Gasteiger partial charge in [-0.3, -0.25) is 19.5 Å². The van der Waals surface area contributed by atoms with E-state index in [1.165, 1.54) is 46.9 Å². The monoisotopic (exact) mass is 437 g/mol. The molecule has 0 radical (unpaired) electrons. The highest BCUT2D eigenvalue weighted by Crippen LogP contribution is 2.32. The van der Waals surface area contributed by atoms with Crippen LogP contribution in [0.4, 0.5) is 10.1 Å². The van der Waals surface area contributed by atoms with Crippen molar-refractivity contribution in [2.75, 3.05) is 4.90 Å². The number of nitrogens with zero attached hydrogens (tertiary/aromatic N) is 2. The largest absolute Gasteiger partial charge is 0.351 e. The normalized spacial score (nSPS) is 15.3. The van der Waals surface area contributed by atoms with E-state index in [0.29, 0.717) is 5.69 Å². The Bertz CT molecular complexity index is 1000. The van der Waals surface area contributed by atoms with E-state index in [2.05, 4.69) is 10.3 Å². The molecular formula is C24H24FN3O2S. The maximum atomic E-state index is 13.6. The molecule has 3 aromatic rings. The lowest BCUT2D eigenvalue weighted by atomic mass is 9.95. The molecule has 0 aliphatic heterocycles. The number of aromatic nitrogens is 1. The molecule has 2 heterocycles. The summed E-state index contributed by atoms with van der Waals surface area (Å²) in [4.78, 5) is 33.4. The van der Waals surface area contributed by atoms with Crippen molar-refractivity contribution in [1.82, 2.24) is 10.3 Å². The molecule has 0 saturated heterocycles. The summed E-state index contributed by atoms with van der Waals surface area (Å²) >= 11 is 1.41. The second-order valence-corrected chi connectivity index (χ2v) is 8.61. The summed E-state index contributed by atoms with van der Waals surface area (Å²) < 4.78 is 13.6. The van der Waals surface area contributed by atoms with Crippen molar-refractivity contribution >= 4 is 28.8 Å². The fraction of sp³-hybridized carbons (Fsp3) is 0.292. The van der Waals surface area contributed by atoms with Gasteiger partial charge in [0.15, 0.2) is 6.04 Å². The Hall–Kier alpha value is -3.06. The third-order valence-electron chi connectivity index (χ3n) is 5.48. The quantitative estimate of drug-likeness (QED) is 0.582. The number of nitrogens with one attached hydrogen (secondary N) is 1. The number of amides is 2. The number of benzene rings is 1. The summed E-state index contributed by atoms with van der Waals surface area (Å²) in [7, 11) is 0. The lowest BCUT2D eigenvalue weighted by Gasteiger charge is -2.32. The number of carbonyl (C=O) groups excluding carboxylic acids is 2. The lowest BCUT2D eigenvalue weighted by molar-refractivity contribution is -0.123. The first-order chi connectivity index (χ1) is 15.1. The van der Waals surface area contributed by atoms with Crippen LogP contribution in [0.15, 0.2) is 66.2 Å². The molecule has 1 saturated carbocycles. The van der Waals surface area contributed by atoms with Gasteiger partial charge in [0, 0.05) is 22.8 Å². The molecule has 1 aliphatic carbocycles. The molecule has 1 unspecified atom stereocenters. The topological polar surface area (TPSA) is 62.3 Å². The molecule has 1 fully saturated rings. The third kappa shape index (κ3) is 4.99. The van der Waals surface area contributed by atoms with Gasteiger partial charge in [0.1, 0.15) is 11.5 Å². The Kier molecular flexibility index (Phi) is 6.72. The number of halogens is 1. The van der Waals surface area contributed by atoms with Crippen LogP contribution in [0.2, 0.25) is 0 Å². The maximum Gasteiger partial charge on any atom is 0.277 e. The molecular weight excluding hydrogens is 413 g/mol. The van der Waals surface area contributed by atoms with E-state index in [1.54, 1.807) is 24.4 Å². The highest BCUT2D eigenvalue weighted by atomic mass is 32.1.